The van der Waals surface area contributed by atoms with E-state index in [4.69, 9.17) is 4.74 Å². The number of nitrogens with one attached hydrogen (secondary N) is 2. The van der Waals surface area contributed by atoms with Gasteiger partial charge in [0.05, 0.1) is 17.9 Å². The fraction of sp³-hybridized carbons (Fsp3) is 0.737. The third kappa shape index (κ3) is 4.83. The maximum absolute atomic E-state index is 10.3. The van der Waals surface area contributed by atoms with E-state index in [0.29, 0.717) is 35.9 Å². The van der Waals surface area contributed by atoms with Crippen LogP contribution in [0.3, 0.4) is 0 Å². The molecule has 2 fully saturated rings. The van der Waals surface area contributed by atoms with Crippen LogP contribution < -0.4 is 10.6 Å². The topological polar surface area (TPSA) is 103 Å². The van der Waals surface area contributed by atoms with Gasteiger partial charge < -0.3 is 20.5 Å². The Morgan fingerprint density at radius 2 is 2.00 bits per heavy atom. The van der Waals surface area contributed by atoms with Gasteiger partial charge >= 0.3 is 0 Å². The summed E-state index contributed by atoms with van der Waals surface area (Å²) >= 11 is 0. The number of rotatable bonds is 5. The van der Waals surface area contributed by atoms with Crippen molar-refractivity contribution >= 4 is 11.8 Å². The molecule has 0 aliphatic heterocycles. The predicted octanol–water partition coefficient (Wildman–Crippen LogP) is 2.82. The van der Waals surface area contributed by atoms with Crippen LogP contribution in [0.5, 0.6) is 0 Å². The molecule has 26 heavy (non-hydrogen) atoms. The van der Waals surface area contributed by atoms with E-state index in [9.17, 15) is 10.4 Å². The normalized spacial score (nSPS) is 31.8. The molecule has 0 spiro atoms. The van der Waals surface area contributed by atoms with Crippen LogP contribution in [0, 0.1) is 11.3 Å². The van der Waals surface area contributed by atoms with E-state index in [0.717, 1.165) is 44.9 Å². The molecule has 7 nitrogen and oxygen atoms in total. The van der Waals surface area contributed by atoms with Crippen molar-refractivity contribution in [1.82, 2.24) is 9.97 Å². The van der Waals surface area contributed by atoms with E-state index in [2.05, 4.69) is 26.7 Å². The Balaban J connectivity index is 1.66. The molecular weight excluding hydrogens is 330 g/mol. The lowest BCUT2D eigenvalue weighted by atomic mass is 9.83. The minimum Gasteiger partial charge on any atom is -0.390 e. The van der Waals surface area contributed by atoms with Crippen molar-refractivity contribution in [2.75, 3.05) is 17.7 Å². The largest absolute Gasteiger partial charge is 0.390 e. The Bertz CT molecular complexity index is 650. The van der Waals surface area contributed by atoms with Gasteiger partial charge in [0.15, 0.2) is 0 Å². The fourth-order valence-electron chi connectivity index (χ4n) is 4.05. The first-order chi connectivity index (χ1) is 12.5. The van der Waals surface area contributed by atoms with E-state index < -0.39 is 5.60 Å². The number of ether oxygens (including phenoxy) is 1. The van der Waals surface area contributed by atoms with Gasteiger partial charge in [0.1, 0.15) is 17.5 Å². The molecule has 1 aromatic heterocycles. The SMILES string of the molecule is CO[C@H]1CC[C@H](Nc2ncc(C#N)c(N[C@@H]3CCC[C@](C)(O)C3)n2)CC1. The van der Waals surface area contributed by atoms with Crippen molar-refractivity contribution in [2.45, 2.75) is 82.1 Å². The predicted molar refractivity (Wildman–Crippen MR) is 99.9 cm³/mol. The fourth-order valence-corrected chi connectivity index (χ4v) is 4.05. The van der Waals surface area contributed by atoms with Gasteiger partial charge in [-0.05, 0) is 58.3 Å². The second-order valence-electron chi connectivity index (χ2n) is 7.86. The molecule has 2 atom stereocenters. The minimum atomic E-state index is -0.656. The summed E-state index contributed by atoms with van der Waals surface area (Å²) in [7, 11) is 1.77. The minimum absolute atomic E-state index is 0.116. The Labute approximate surface area is 155 Å². The molecule has 0 aromatic carbocycles. The lowest BCUT2D eigenvalue weighted by Crippen LogP contribution is -2.38. The lowest BCUT2D eigenvalue weighted by Gasteiger charge is -2.34. The smallest absolute Gasteiger partial charge is 0.224 e. The maximum atomic E-state index is 10.3. The van der Waals surface area contributed by atoms with Crippen molar-refractivity contribution in [2.24, 2.45) is 0 Å². The van der Waals surface area contributed by atoms with Gasteiger partial charge in [-0.15, -0.1) is 0 Å². The van der Waals surface area contributed by atoms with Crippen molar-refractivity contribution in [3.63, 3.8) is 0 Å². The third-order valence-electron chi connectivity index (χ3n) is 5.54. The molecule has 142 valence electrons. The summed E-state index contributed by atoms with van der Waals surface area (Å²) in [5.74, 6) is 1.10. The summed E-state index contributed by atoms with van der Waals surface area (Å²) in [6, 6.07) is 2.60. The van der Waals surface area contributed by atoms with Crippen molar-refractivity contribution in [1.29, 1.82) is 5.26 Å². The first-order valence-electron chi connectivity index (χ1n) is 9.54. The molecule has 0 unspecified atom stereocenters. The van der Waals surface area contributed by atoms with E-state index in [1.807, 2.05) is 6.92 Å². The molecule has 2 aliphatic rings. The Morgan fingerprint density at radius 1 is 1.23 bits per heavy atom. The molecule has 0 saturated heterocycles. The van der Waals surface area contributed by atoms with Crippen LogP contribution >= 0.6 is 0 Å². The Kier molecular flexibility index (Phi) is 5.94. The number of hydrogen-bond donors (Lipinski definition) is 3. The second-order valence-corrected chi connectivity index (χ2v) is 7.86. The molecule has 0 radical (unpaired) electrons. The zero-order valence-electron chi connectivity index (χ0n) is 15.7. The van der Waals surface area contributed by atoms with Crippen LogP contribution in [0.1, 0.15) is 63.9 Å². The van der Waals surface area contributed by atoms with Crippen LogP contribution in [-0.2, 0) is 4.74 Å². The van der Waals surface area contributed by atoms with Gasteiger partial charge in [0.25, 0.3) is 0 Å². The summed E-state index contributed by atoms with van der Waals surface area (Å²) in [6.07, 6.45) is 9.44. The number of hydrogen-bond acceptors (Lipinski definition) is 7. The third-order valence-corrected chi connectivity index (χ3v) is 5.54. The molecule has 1 heterocycles. The maximum Gasteiger partial charge on any atom is 0.224 e. The van der Waals surface area contributed by atoms with Crippen LogP contribution in [-0.4, -0.2) is 46.0 Å². The van der Waals surface area contributed by atoms with Crippen molar-refractivity contribution < 1.29 is 9.84 Å². The lowest BCUT2D eigenvalue weighted by molar-refractivity contribution is 0.0182. The average Bonchev–Trinajstić information content (AvgIpc) is 2.62. The summed E-state index contributed by atoms with van der Waals surface area (Å²) in [5, 5.41) is 26.4. The van der Waals surface area contributed by atoms with Gasteiger partial charge in [-0.1, -0.05) is 0 Å². The molecule has 3 rings (SSSR count). The van der Waals surface area contributed by atoms with Gasteiger partial charge in [-0.25, -0.2) is 4.98 Å². The number of anilines is 2. The van der Waals surface area contributed by atoms with Gasteiger partial charge in [0, 0.05) is 19.2 Å². The van der Waals surface area contributed by atoms with Crippen LogP contribution in [0.4, 0.5) is 11.8 Å². The number of aliphatic hydroxyl groups is 1. The summed E-state index contributed by atoms with van der Waals surface area (Å²) in [5.41, 5.74) is -0.222. The summed E-state index contributed by atoms with van der Waals surface area (Å²) in [6.45, 7) is 1.87. The standard InChI is InChI=1S/C19H29N5O2/c1-19(25)9-3-4-15(10-19)22-17-13(11-20)12-21-18(24-17)23-14-5-7-16(26-2)8-6-14/h12,14-16,25H,3-10H2,1-2H3,(H2,21,22,23,24)/t14-,15-,16-,19+/m1/s1. The average molecular weight is 359 g/mol. The second kappa shape index (κ2) is 8.19. The van der Waals surface area contributed by atoms with Gasteiger partial charge in [-0.3, -0.25) is 0 Å². The van der Waals surface area contributed by atoms with Crippen LogP contribution in [0.15, 0.2) is 6.20 Å². The van der Waals surface area contributed by atoms with Crippen molar-refractivity contribution in [3.8, 4) is 6.07 Å². The molecular formula is C19H29N5O2. The highest BCUT2D eigenvalue weighted by molar-refractivity contribution is 5.54. The first-order valence-corrected chi connectivity index (χ1v) is 9.54. The molecule has 3 N–H and O–H groups in total. The number of nitrogens with zero attached hydrogens (tertiary/aromatic N) is 3. The van der Waals surface area contributed by atoms with Gasteiger partial charge in [-0.2, -0.15) is 10.2 Å². The molecule has 0 amide bonds. The summed E-state index contributed by atoms with van der Waals surface area (Å²) < 4.78 is 5.41. The summed E-state index contributed by atoms with van der Waals surface area (Å²) in [4.78, 5) is 8.85. The highest BCUT2D eigenvalue weighted by Crippen LogP contribution is 2.30. The van der Waals surface area contributed by atoms with Crippen molar-refractivity contribution in [3.05, 3.63) is 11.8 Å². The van der Waals surface area contributed by atoms with Gasteiger partial charge in [0.2, 0.25) is 5.95 Å². The highest BCUT2D eigenvalue weighted by Gasteiger charge is 2.30. The van der Waals surface area contributed by atoms with E-state index in [-0.39, 0.29) is 6.04 Å². The molecule has 2 aliphatic carbocycles. The molecule has 2 saturated carbocycles. The van der Waals surface area contributed by atoms with E-state index >= 15 is 0 Å². The molecule has 1 aromatic rings. The number of aromatic nitrogens is 2. The first kappa shape index (κ1) is 18.9. The highest BCUT2D eigenvalue weighted by atomic mass is 16.5. The van der Waals surface area contributed by atoms with Crippen LogP contribution in [0.25, 0.3) is 0 Å². The van der Waals surface area contributed by atoms with Crippen LogP contribution in [0.2, 0.25) is 0 Å². The zero-order valence-corrected chi connectivity index (χ0v) is 15.7. The number of nitriles is 1. The Morgan fingerprint density at radius 3 is 2.65 bits per heavy atom. The molecule has 7 heteroatoms. The molecule has 0 bridgehead atoms. The van der Waals surface area contributed by atoms with E-state index in [1.165, 1.54) is 0 Å². The quantitative estimate of drug-likeness (QED) is 0.743. The number of methoxy groups -OCH3 is 1. The Hall–Kier alpha value is -1.91. The van der Waals surface area contributed by atoms with E-state index in [1.54, 1.807) is 13.3 Å². The zero-order chi connectivity index (χ0) is 18.6. The monoisotopic (exact) mass is 359 g/mol.